The lowest BCUT2D eigenvalue weighted by atomic mass is 10.2. The van der Waals surface area contributed by atoms with E-state index in [1.807, 2.05) is 60.1 Å². The summed E-state index contributed by atoms with van der Waals surface area (Å²) in [6.07, 6.45) is 1.97. The first-order chi connectivity index (χ1) is 10.3. The molecule has 3 rings (SSSR count). The summed E-state index contributed by atoms with van der Waals surface area (Å²) in [6, 6.07) is 13.2. The van der Waals surface area contributed by atoms with Gasteiger partial charge in [-0.15, -0.1) is 0 Å². The second-order valence-electron chi connectivity index (χ2n) is 4.73. The van der Waals surface area contributed by atoms with E-state index in [9.17, 15) is 0 Å². The van der Waals surface area contributed by atoms with Crippen molar-refractivity contribution in [3.63, 3.8) is 0 Å². The van der Waals surface area contributed by atoms with Crippen LogP contribution in [0, 0.1) is 0 Å². The molecule has 0 aliphatic rings. The summed E-state index contributed by atoms with van der Waals surface area (Å²) in [5.74, 6) is 1.29. The first-order valence-corrected chi connectivity index (χ1v) is 6.80. The highest BCUT2D eigenvalue weighted by Crippen LogP contribution is 2.26. The van der Waals surface area contributed by atoms with Crippen molar-refractivity contribution in [3.05, 3.63) is 59.9 Å². The maximum atomic E-state index is 9.06. The number of imidazole rings is 1. The van der Waals surface area contributed by atoms with Crippen LogP contribution in [0.15, 0.2) is 48.7 Å². The lowest BCUT2D eigenvalue weighted by molar-refractivity contribution is 0.281. The Morgan fingerprint density at radius 1 is 1.19 bits per heavy atom. The first kappa shape index (κ1) is 13.6. The van der Waals surface area contributed by atoms with Crippen molar-refractivity contribution in [1.29, 1.82) is 0 Å². The molecular formula is C16H17N3O2. The van der Waals surface area contributed by atoms with Crippen LogP contribution in [-0.4, -0.2) is 21.5 Å². The van der Waals surface area contributed by atoms with Crippen LogP contribution in [0.2, 0.25) is 0 Å². The van der Waals surface area contributed by atoms with Crippen molar-refractivity contribution in [2.45, 2.75) is 13.2 Å². The normalized spacial score (nSPS) is 11.0. The molecule has 0 radical (unpaired) electrons. The van der Waals surface area contributed by atoms with E-state index < -0.39 is 0 Å². The first-order valence-electron chi connectivity index (χ1n) is 6.80. The molecule has 0 fully saturated rings. The molecule has 108 valence electrons. The molecule has 2 heterocycles. The topological polar surface area (TPSA) is 58.8 Å². The molecule has 1 aromatic carbocycles. The fraction of sp³-hybridized carbons (Fsp3) is 0.188. The molecule has 0 unspecified atom stereocenters. The average molecular weight is 283 g/mol. The van der Waals surface area contributed by atoms with Crippen LogP contribution in [0.25, 0.3) is 5.65 Å². The van der Waals surface area contributed by atoms with Crippen LogP contribution in [0.5, 0.6) is 11.6 Å². The molecule has 0 atom stereocenters. The smallest absolute Gasteiger partial charge is 0.242 e. The highest BCUT2D eigenvalue weighted by Gasteiger charge is 2.13. The lowest BCUT2D eigenvalue weighted by Crippen LogP contribution is -2.08. The SMILES string of the molecule is CNCc1c(Oc2ccc(CO)cc2)nc2ccccn12. The minimum Gasteiger partial charge on any atom is -0.437 e. The molecule has 0 saturated carbocycles. The number of nitrogens with zero attached hydrogens (tertiary/aromatic N) is 2. The third-order valence-electron chi connectivity index (χ3n) is 3.26. The molecule has 21 heavy (non-hydrogen) atoms. The lowest BCUT2D eigenvalue weighted by Gasteiger charge is -2.06. The Bertz CT molecular complexity index is 735. The number of hydrogen-bond donors (Lipinski definition) is 2. The van der Waals surface area contributed by atoms with Crippen molar-refractivity contribution >= 4 is 5.65 Å². The Hall–Kier alpha value is -2.37. The fourth-order valence-electron chi connectivity index (χ4n) is 2.21. The molecule has 0 aliphatic heterocycles. The van der Waals surface area contributed by atoms with E-state index in [4.69, 9.17) is 9.84 Å². The van der Waals surface area contributed by atoms with Gasteiger partial charge in [0.25, 0.3) is 0 Å². The summed E-state index contributed by atoms with van der Waals surface area (Å²) >= 11 is 0. The van der Waals surface area contributed by atoms with Crippen molar-refractivity contribution in [2.24, 2.45) is 0 Å². The summed E-state index contributed by atoms with van der Waals surface area (Å²) < 4.78 is 7.90. The van der Waals surface area contributed by atoms with Crippen LogP contribution < -0.4 is 10.1 Å². The van der Waals surface area contributed by atoms with Gasteiger partial charge in [-0.1, -0.05) is 18.2 Å². The van der Waals surface area contributed by atoms with Gasteiger partial charge in [-0.05, 0) is 36.9 Å². The number of ether oxygens (including phenoxy) is 1. The number of aliphatic hydroxyl groups is 1. The molecule has 3 aromatic rings. The van der Waals surface area contributed by atoms with Gasteiger partial charge in [0.15, 0.2) is 0 Å². The summed E-state index contributed by atoms with van der Waals surface area (Å²) in [4.78, 5) is 4.52. The van der Waals surface area contributed by atoms with E-state index in [0.717, 1.165) is 16.9 Å². The Kier molecular flexibility index (Phi) is 3.85. The largest absolute Gasteiger partial charge is 0.437 e. The van der Waals surface area contributed by atoms with Crippen LogP contribution in [0.1, 0.15) is 11.3 Å². The number of rotatable bonds is 5. The van der Waals surface area contributed by atoms with Crippen LogP contribution >= 0.6 is 0 Å². The number of benzene rings is 1. The molecule has 5 nitrogen and oxygen atoms in total. The summed E-state index contributed by atoms with van der Waals surface area (Å²) in [7, 11) is 1.89. The summed E-state index contributed by atoms with van der Waals surface area (Å²) in [6.45, 7) is 0.689. The Balaban J connectivity index is 1.96. The molecule has 0 aliphatic carbocycles. The van der Waals surface area contributed by atoms with Gasteiger partial charge in [0.2, 0.25) is 5.88 Å². The number of aromatic nitrogens is 2. The number of pyridine rings is 1. The Morgan fingerprint density at radius 2 is 2.00 bits per heavy atom. The zero-order valence-electron chi connectivity index (χ0n) is 11.8. The Morgan fingerprint density at radius 3 is 2.71 bits per heavy atom. The van der Waals surface area contributed by atoms with E-state index in [-0.39, 0.29) is 6.61 Å². The third-order valence-corrected chi connectivity index (χ3v) is 3.26. The molecule has 0 bridgehead atoms. The fourth-order valence-corrected chi connectivity index (χ4v) is 2.21. The quantitative estimate of drug-likeness (QED) is 0.754. The van der Waals surface area contributed by atoms with Gasteiger partial charge in [0.1, 0.15) is 17.1 Å². The van der Waals surface area contributed by atoms with Gasteiger partial charge in [-0.3, -0.25) is 4.40 Å². The minimum absolute atomic E-state index is 0.0274. The van der Waals surface area contributed by atoms with E-state index in [2.05, 4.69) is 10.3 Å². The maximum absolute atomic E-state index is 9.06. The van der Waals surface area contributed by atoms with E-state index in [1.165, 1.54) is 0 Å². The standard InChI is InChI=1S/C16H17N3O2/c1-17-10-14-16(18-15-4-2-3-9-19(14)15)21-13-7-5-12(11-20)6-8-13/h2-9,17,20H,10-11H2,1H3. The minimum atomic E-state index is 0.0274. The molecule has 2 N–H and O–H groups in total. The number of nitrogens with one attached hydrogen (secondary N) is 1. The monoisotopic (exact) mass is 283 g/mol. The zero-order valence-corrected chi connectivity index (χ0v) is 11.8. The molecule has 2 aromatic heterocycles. The molecular weight excluding hydrogens is 266 g/mol. The van der Waals surface area contributed by atoms with Crippen molar-refractivity contribution in [2.75, 3.05) is 7.05 Å². The van der Waals surface area contributed by atoms with E-state index >= 15 is 0 Å². The molecule has 5 heteroatoms. The van der Waals surface area contributed by atoms with Gasteiger partial charge in [-0.25, -0.2) is 0 Å². The number of fused-ring (bicyclic) bond motifs is 1. The maximum Gasteiger partial charge on any atom is 0.242 e. The van der Waals surface area contributed by atoms with Crippen LogP contribution in [0.3, 0.4) is 0 Å². The zero-order chi connectivity index (χ0) is 14.7. The molecule has 0 spiro atoms. The van der Waals surface area contributed by atoms with Gasteiger partial charge in [0, 0.05) is 12.7 Å². The highest BCUT2D eigenvalue weighted by molar-refractivity contribution is 5.46. The van der Waals surface area contributed by atoms with Crippen molar-refractivity contribution in [3.8, 4) is 11.6 Å². The van der Waals surface area contributed by atoms with E-state index in [0.29, 0.717) is 18.2 Å². The molecule has 0 saturated heterocycles. The Labute approximate surface area is 122 Å². The van der Waals surface area contributed by atoms with Gasteiger partial charge < -0.3 is 15.2 Å². The predicted molar refractivity (Wildman–Crippen MR) is 80.4 cm³/mol. The van der Waals surface area contributed by atoms with E-state index in [1.54, 1.807) is 0 Å². The van der Waals surface area contributed by atoms with Crippen LogP contribution in [-0.2, 0) is 13.2 Å². The van der Waals surface area contributed by atoms with Gasteiger partial charge >= 0.3 is 0 Å². The number of hydrogen-bond acceptors (Lipinski definition) is 4. The highest BCUT2D eigenvalue weighted by atomic mass is 16.5. The van der Waals surface area contributed by atoms with Gasteiger partial charge in [0.05, 0.1) is 6.61 Å². The third kappa shape index (κ3) is 2.74. The average Bonchev–Trinajstić information content (AvgIpc) is 2.86. The second kappa shape index (κ2) is 5.95. The van der Waals surface area contributed by atoms with Crippen molar-refractivity contribution in [1.82, 2.24) is 14.7 Å². The summed E-state index contributed by atoms with van der Waals surface area (Å²) in [5, 5.41) is 12.2. The van der Waals surface area contributed by atoms with Crippen LogP contribution in [0.4, 0.5) is 0 Å². The van der Waals surface area contributed by atoms with Gasteiger partial charge in [-0.2, -0.15) is 4.98 Å². The number of aliphatic hydroxyl groups excluding tert-OH is 1. The summed E-state index contributed by atoms with van der Waals surface area (Å²) in [5.41, 5.74) is 2.68. The molecule has 0 amide bonds. The predicted octanol–water partition coefficient (Wildman–Crippen LogP) is 2.34. The van der Waals surface area contributed by atoms with Crippen molar-refractivity contribution < 1.29 is 9.84 Å². The second-order valence-corrected chi connectivity index (χ2v) is 4.73.